The van der Waals surface area contributed by atoms with Gasteiger partial charge in [0.2, 0.25) is 10.0 Å². The van der Waals surface area contributed by atoms with Crippen LogP contribution in [0.15, 0.2) is 10.3 Å². The second kappa shape index (κ2) is 5.52. The van der Waals surface area contributed by atoms with E-state index in [1.165, 1.54) is 17.8 Å². The van der Waals surface area contributed by atoms with Crippen molar-refractivity contribution in [3.05, 3.63) is 15.8 Å². The first kappa shape index (κ1) is 15.0. The highest BCUT2D eigenvalue weighted by Crippen LogP contribution is 2.43. The molecule has 1 aliphatic rings. The second-order valence-electron chi connectivity index (χ2n) is 5.41. The Bertz CT molecular complexity index is 539. The number of hydrogen-bond donors (Lipinski definition) is 2. The summed E-state index contributed by atoms with van der Waals surface area (Å²) in [5, 5.41) is 1.86. The van der Waals surface area contributed by atoms with E-state index in [-0.39, 0.29) is 12.0 Å². The molecule has 0 atom stereocenters. The van der Waals surface area contributed by atoms with Gasteiger partial charge in [0.25, 0.3) is 0 Å². The fourth-order valence-corrected chi connectivity index (χ4v) is 5.50. The zero-order valence-corrected chi connectivity index (χ0v) is 13.2. The van der Waals surface area contributed by atoms with E-state index in [1.54, 1.807) is 0 Å². The van der Waals surface area contributed by atoms with Gasteiger partial charge in [0, 0.05) is 18.0 Å². The number of thiophene rings is 1. The Morgan fingerprint density at radius 2 is 2.16 bits per heavy atom. The standard InChI is InChI=1S/C13H22N2O2S2/c1-3-13(5-4-6-13)9-15-19(16,17)12-10(2)8-18-11(12)7-14/h8,15H,3-7,9,14H2,1-2H3. The molecule has 6 heteroatoms. The Morgan fingerprint density at radius 1 is 1.47 bits per heavy atom. The molecule has 0 bridgehead atoms. The minimum atomic E-state index is -3.43. The molecule has 0 amide bonds. The predicted octanol–water partition coefficient (Wildman–Crippen LogP) is 2.37. The Hall–Kier alpha value is -0.430. The topological polar surface area (TPSA) is 72.2 Å². The van der Waals surface area contributed by atoms with Crippen molar-refractivity contribution >= 4 is 21.4 Å². The van der Waals surface area contributed by atoms with Crippen molar-refractivity contribution in [3.8, 4) is 0 Å². The van der Waals surface area contributed by atoms with E-state index in [0.29, 0.717) is 11.4 Å². The van der Waals surface area contributed by atoms with Gasteiger partial charge in [-0.2, -0.15) is 0 Å². The molecule has 0 aromatic carbocycles. The first-order valence-electron chi connectivity index (χ1n) is 6.71. The van der Waals surface area contributed by atoms with E-state index in [2.05, 4.69) is 11.6 Å². The third kappa shape index (κ3) is 2.86. The lowest BCUT2D eigenvalue weighted by molar-refractivity contribution is 0.133. The number of hydrogen-bond acceptors (Lipinski definition) is 4. The average Bonchev–Trinajstić information content (AvgIpc) is 2.70. The van der Waals surface area contributed by atoms with Crippen molar-refractivity contribution in [3.63, 3.8) is 0 Å². The maximum atomic E-state index is 12.4. The van der Waals surface area contributed by atoms with Crippen LogP contribution in [0.2, 0.25) is 0 Å². The molecule has 1 saturated carbocycles. The van der Waals surface area contributed by atoms with E-state index in [9.17, 15) is 8.42 Å². The van der Waals surface area contributed by atoms with Gasteiger partial charge in [-0.1, -0.05) is 13.3 Å². The van der Waals surface area contributed by atoms with Crippen molar-refractivity contribution in [1.29, 1.82) is 0 Å². The summed E-state index contributed by atoms with van der Waals surface area (Å²) in [7, 11) is -3.43. The summed E-state index contributed by atoms with van der Waals surface area (Å²) in [4.78, 5) is 1.13. The molecule has 1 heterocycles. The molecule has 2 rings (SSSR count). The molecular formula is C13H22N2O2S2. The van der Waals surface area contributed by atoms with Crippen molar-refractivity contribution in [2.45, 2.75) is 51.0 Å². The van der Waals surface area contributed by atoms with Gasteiger partial charge in [-0.3, -0.25) is 0 Å². The Labute approximate surface area is 119 Å². The summed E-state index contributed by atoms with van der Waals surface area (Å²) in [6.07, 6.45) is 4.49. The highest BCUT2D eigenvalue weighted by atomic mass is 32.2. The van der Waals surface area contributed by atoms with Crippen LogP contribution in [-0.4, -0.2) is 15.0 Å². The van der Waals surface area contributed by atoms with Crippen LogP contribution in [0, 0.1) is 12.3 Å². The molecule has 0 unspecified atom stereocenters. The molecule has 1 fully saturated rings. The first-order valence-corrected chi connectivity index (χ1v) is 9.07. The van der Waals surface area contributed by atoms with Gasteiger partial charge in [-0.15, -0.1) is 11.3 Å². The zero-order chi connectivity index (χ0) is 14.1. The minimum absolute atomic E-state index is 0.180. The quantitative estimate of drug-likeness (QED) is 0.847. The number of aryl methyl sites for hydroxylation is 1. The summed E-state index contributed by atoms with van der Waals surface area (Å²) in [6, 6.07) is 0. The van der Waals surface area contributed by atoms with Crippen LogP contribution < -0.4 is 10.5 Å². The fraction of sp³-hybridized carbons (Fsp3) is 0.692. The molecule has 1 aliphatic carbocycles. The number of nitrogens with one attached hydrogen (secondary N) is 1. The van der Waals surface area contributed by atoms with E-state index < -0.39 is 10.0 Å². The van der Waals surface area contributed by atoms with E-state index in [4.69, 9.17) is 5.73 Å². The normalized spacial score (nSPS) is 18.3. The second-order valence-corrected chi connectivity index (χ2v) is 8.07. The van der Waals surface area contributed by atoms with Crippen LogP contribution in [0.5, 0.6) is 0 Å². The van der Waals surface area contributed by atoms with Gasteiger partial charge in [0.05, 0.1) is 0 Å². The van der Waals surface area contributed by atoms with Gasteiger partial charge in [0.1, 0.15) is 4.90 Å². The van der Waals surface area contributed by atoms with Crippen LogP contribution in [0.1, 0.15) is 43.0 Å². The fourth-order valence-electron chi connectivity index (χ4n) is 2.64. The van der Waals surface area contributed by atoms with Crippen LogP contribution in [0.3, 0.4) is 0 Å². The van der Waals surface area contributed by atoms with Gasteiger partial charge < -0.3 is 5.73 Å². The Kier molecular flexibility index (Phi) is 4.35. The molecule has 1 aromatic rings. The van der Waals surface area contributed by atoms with E-state index in [0.717, 1.165) is 29.7 Å². The van der Waals surface area contributed by atoms with Crippen molar-refractivity contribution in [1.82, 2.24) is 4.72 Å². The number of sulfonamides is 1. The molecule has 4 nitrogen and oxygen atoms in total. The summed E-state index contributed by atoms with van der Waals surface area (Å²) in [5.41, 5.74) is 6.59. The van der Waals surface area contributed by atoms with Gasteiger partial charge >= 0.3 is 0 Å². The number of rotatable bonds is 6. The predicted molar refractivity (Wildman–Crippen MR) is 78.7 cm³/mol. The molecule has 19 heavy (non-hydrogen) atoms. The minimum Gasteiger partial charge on any atom is -0.326 e. The van der Waals surface area contributed by atoms with Gasteiger partial charge in [0.15, 0.2) is 0 Å². The molecule has 1 aromatic heterocycles. The summed E-state index contributed by atoms with van der Waals surface area (Å²) in [6.45, 7) is 4.77. The molecule has 108 valence electrons. The third-order valence-corrected chi connectivity index (χ3v) is 7.13. The first-order chi connectivity index (χ1) is 8.94. The third-order valence-electron chi connectivity index (χ3n) is 4.24. The van der Waals surface area contributed by atoms with Gasteiger partial charge in [-0.25, -0.2) is 13.1 Å². The molecule has 0 saturated heterocycles. The highest BCUT2D eigenvalue weighted by Gasteiger charge is 2.36. The van der Waals surface area contributed by atoms with Crippen LogP contribution >= 0.6 is 11.3 Å². The highest BCUT2D eigenvalue weighted by molar-refractivity contribution is 7.89. The lowest BCUT2D eigenvalue weighted by atomic mass is 9.67. The van der Waals surface area contributed by atoms with E-state index >= 15 is 0 Å². The summed E-state index contributed by atoms with van der Waals surface area (Å²) in [5.74, 6) is 0. The largest absolute Gasteiger partial charge is 0.326 e. The Balaban J connectivity index is 2.16. The van der Waals surface area contributed by atoms with Gasteiger partial charge in [-0.05, 0) is 42.5 Å². The van der Waals surface area contributed by atoms with Crippen LogP contribution in [0.25, 0.3) is 0 Å². The smallest absolute Gasteiger partial charge is 0.242 e. The van der Waals surface area contributed by atoms with E-state index in [1.807, 2.05) is 12.3 Å². The van der Waals surface area contributed by atoms with Crippen molar-refractivity contribution in [2.24, 2.45) is 11.1 Å². The molecule has 3 N–H and O–H groups in total. The molecule has 0 aliphatic heterocycles. The Morgan fingerprint density at radius 3 is 2.63 bits per heavy atom. The molecule has 0 spiro atoms. The average molecular weight is 302 g/mol. The molecular weight excluding hydrogens is 280 g/mol. The maximum absolute atomic E-state index is 12.4. The zero-order valence-electron chi connectivity index (χ0n) is 11.5. The lowest BCUT2D eigenvalue weighted by Gasteiger charge is -2.41. The SMILES string of the molecule is CCC1(CNS(=O)(=O)c2c(C)csc2CN)CCC1. The summed E-state index contributed by atoms with van der Waals surface area (Å²) >= 11 is 1.42. The van der Waals surface area contributed by atoms with Crippen molar-refractivity contribution < 1.29 is 8.42 Å². The van der Waals surface area contributed by atoms with Crippen LogP contribution in [0.4, 0.5) is 0 Å². The number of nitrogens with two attached hydrogens (primary N) is 1. The van der Waals surface area contributed by atoms with Crippen molar-refractivity contribution in [2.75, 3.05) is 6.54 Å². The lowest BCUT2D eigenvalue weighted by Crippen LogP contribution is -2.41. The maximum Gasteiger partial charge on any atom is 0.242 e. The summed E-state index contributed by atoms with van der Waals surface area (Å²) < 4.78 is 27.7. The monoisotopic (exact) mass is 302 g/mol. The molecule has 0 radical (unpaired) electrons. The van der Waals surface area contributed by atoms with Crippen LogP contribution in [-0.2, 0) is 16.6 Å².